The van der Waals surface area contributed by atoms with Crippen LogP contribution in [-0.2, 0) is 11.3 Å². The van der Waals surface area contributed by atoms with E-state index < -0.39 is 0 Å². The van der Waals surface area contributed by atoms with Crippen LogP contribution in [0.3, 0.4) is 0 Å². The zero-order chi connectivity index (χ0) is 20.7. The van der Waals surface area contributed by atoms with E-state index in [1.165, 1.54) is 16.7 Å². The monoisotopic (exact) mass is 402 g/mol. The summed E-state index contributed by atoms with van der Waals surface area (Å²) in [5, 5.41) is 0. The minimum atomic E-state index is -0.321. The molecule has 3 heterocycles. The third-order valence-corrected chi connectivity index (χ3v) is 7.38. The maximum atomic E-state index is 13.8. The Morgan fingerprint density at radius 2 is 2.00 bits per heavy atom. The number of ether oxygens (including phenoxy) is 1. The number of likely N-dealkylation sites (tertiary alicyclic amines) is 1. The SMILES string of the molecule is C=CCOc1ccccc1[C@@H]1C[C@H]2CN(Cc3ccccc3C)C(=O)[C@]23CCCN13. The molecule has 4 heteroatoms. The summed E-state index contributed by atoms with van der Waals surface area (Å²) in [5.74, 6) is 1.64. The maximum absolute atomic E-state index is 13.8. The molecule has 3 atom stereocenters. The van der Waals surface area contributed by atoms with Gasteiger partial charge in [-0.25, -0.2) is 0 Å². The van der Waals surface area contributed by atoms with Gasteiger partial charge in [0.2, 0.25) is 5.91 Å². The van der Waals surface area contributed by atoms with Crippen molar-refractivity contribution in [1.29, 1.82) is 0 Å². The number of nitrogens with zero attached hydrogens (tertiary/aromatic N) is 2. The van der Waals surface area contributed by atoms with E-state index in [9.17, 15) is 4.79 Å². The Kier molecular flexibility index (Phi) is 4.90. The highest BCUT2D eigenvalue weighted by Crippen LogP contribution is 2.57. The van der Waals surface area contributed by atoms with Gasteiger partial charge in [-0.15, -0.1) is 0 Å². The van der Waals surface area contributed by atoms with Crippen molar-refractivity contribution in [1.82, 2.24) is 9.80 Å². The van der Waals surface area contributed by atoms with Crippen LogP contribution in [-0.4, -0.2) is 40.9 Å². The second-order valence-electron chi connectivity index (χ2n) is 8.92. The molecule has 0 bridgehead atoms. The fourth-order valence-electron chi connectivity index (χ4n) is 6.04. The minimum Gasteiger partial charge on any atom is -0.489 e. The van der Waals surface area contributed by atoms with Gasteiger partial charge in [0.05, 0.1) is 0 Å². The van der Waals surface area contributed by atoms with Crippen LogP contribution in [0, 0.1) is 12.8 Å². The summed E-state index contributed by atoms with van der Waals surface area (Å²) in [6, 6.07) is 17.0. The lowest BCUT2D eigenvalue weighted by Crippen LogP contribution is -2.49. The number of hydrogen-bond acceptors (Lipinski definition) is 3. The van der Waals surface area contributed by atoms with Crippen LogP contribution < -0.4 is 4.74 Å². The van der Waals surface area contributed by atoms with Gasteiger partial charge >= 0.3 is 0 Å². The summed E-state index contributed by atoms with van der Waals surface area (Å²) < 4.78 is 5.97. The average Bonchev–Trinajstić information content (AvgIpc) is 3.39. The van der Waals surface area contributed by atoms with Crippen molar-refractivity contribution in [2.24, 2.45) is 5.92 Å². The Morgan fingerprint density at radius 3 is 2.83 bits per heavy atom. The highest BCUT2D eigenvalue weighted by atomic mass is 16.5. The van der Waals surface area contributed by atoms with Crippen molar-refractivity contribution in [3.8, 4) is 5.75 Å². The molecule has 3 aliphatic rings. The number of carbonyl (C=O) groups is 1. The largest absolute Gasteiger partial charge is 0.489 e. The molecule has 2 aromatic rings. The molecular formula is C26H30N2O2. The van der Waals surface area contributed by atoms with E-state index in [2.05, 4.69) is 59.7 Å². The van der Waals surface area contributed by atoms with Gasteiger partial charge in [-0.3, -0.25) is 9.69 Å². The normalized spacial score (nSPS) is 27.9. The summed E-state index contributed by atoms with van der Waals surface area (Å²) >= 11 is 0. The van der Waals surface area contributed by atoms with Crippen LogP contribution in [0.4, 0.5) is 0 Å². The summed E-state index contributed by atoms with van der Waals surface area (Å²) in [7, 11) is 0. The second-order valence-corrected chi connectivity index (χ2v) is 8.92. The minimum absolute atomic E-state index is 0.253. The lowest BCUT2D eigenvalue weighted by Gasteiger charge is -2.34. The predicted octanol–water partition coefficient (Wildman–Crippen LogP) is 4.50. The van der Waals surface area contributed by atoms with Crippen molar-refractivity contribution in [3.05, 3.63) is 77.9 Å². The van der Waals surface area contributed by atoms with Crippen molar-refractivity contribution < 1.29 is 9.53 Å². The number of amides is 1. The molecule has 0 saturated carbocycles. The molecule has 0 aromatic heterocycles. The smallest absolute Gasteiger partial charge is 0.243 e. The molecule has 5 rings (SSSR count). The molecule has 4 nitrogen and oxygen atoms in total. The fourth-order valence-corrected chi connectivity index (χ4v) is 6.04. The van der Waals surface area contributed by atoms with Gasteiger partial charge in [0.25, 0.3) is 0 Å². The Bertz CT molecular complexity index is 971. The predicted molar refractivity (Wildman–Crippen MR) is 118 cm³/mol. The first-order valence-corrected chi connectivity index (χ1v) is 11.1. The molecular weight excluding hydrogens is 372 g/mol. The maximum Gasteiger partial charge on any atom is 0.243 e. The zero-order valence-corrected chi connectivity index (χ0v) is 17.7. The van der Waals surface area contributed by atoms with E-state index in [0.717, 1.165) is 44.6 Å². The van der Waals surface area contributed by atoms with Crippen molar-refractivity contribution in [3.63, 3.8) is 0 Å². The second kappa shape index (κ2) is 7.59. The van der Waals surface area contributed by atoms with Crippen LogP contribution in [0.2, 0.25) is 0 Å². The van der Waals surface area contributed by atoms with E-state index in [4.69, 9.17) is 4.74 Å². The van der Waals surface area contributed by atoms with Crippen molar-refractivity contribution in [2.75, 3.05) is 19.7 Å². The van der Waals surface area contributed by atoms with E-state index in [0.29, 0.717) is 18.4 Å². The molecule has 3 fully saturated rings. The van der Waals surface area contributed by atoms with Crippen LogP contribution in [0.25, 0.3) is 0 Å². The molecule has 3 aliphatic heterocycles. The molecule has 1 amide bonds. The number of benzene rings is 2. The van der Waals surface area contributed by atoms with Gasteiger partial charge in [0.15, 0.2) is 0 Å². The van der Waals surface area contributed by atoms with Crippen molar-refractivity contribution in [2.45, 2.75) is 44.3 Å². The quantitative estimate of drug-likeness (QED) is 0.667. The molecule has 0 radical (unpaired) electrons. The Morgan fingerprint density at radius 1 is 1.20 bits per heavy atom. The highest BCUT2D eigenvalue weighted by molar-refractivity contribution is 5.90. The standard InChI is InChI=1S/C26H30N2O2/c1-3-15-30-24-12-7-6-11-22(24)23-16-21-18-27(17-20-10-5-4-9-19(20)2)25(29)26(21)13-8-14-28(23)26/h3-7,9-12,21,23H,1,8,13-18H2,2H3/t21-,23-,26-/m0/s1. The van der Waals surface area contributed by atoms with Gasteiger partial charge in [0.1, 0.15) is 17.9 Å². The van der Waals surface area contributed by atoms with E-state index in [1.807, 2.05) is 12.1 Å². The van der Waals surface area contributed by atoms with Crippen LogP contribution in [0.1, 0.15) is 42.0 Å². The number of hydrogen-bond donors (Lipinski definition) is 0. The third-order valence-electron chi connectivity index (χ3n) is 7.38. The molecule has 30 heavy (non-hydrogen) atoms. The van der Waals surface area contributed by atoms with Crippen LogP contribution in [0.15, 0.2) is 61.2 Å². The Hall–Kier alpha value is -2.59. The van der Waals surface area contributed by atoms with Gasteiger partial charge < -0.3 is 9.64 Å². The number of para-hydroxylation sites is 1. The number of rotatable bonds is 6. The molecule has 1 spiro atoms. The summed E-state index contributed by atoms with van der Waals surface area (Å²) in [6.45, 7) is 8.98. The van der Waals surface area contributed by atoms with Gasteiger partial charge in [-0.1, -0.05) is 55.1 Å². The van der Waals surface area contributed by atoms with Gasteiger partial charge in [-0.05, 0) is 49.9 Å². The zero-order valence-electron chi connectivity index (χ0n) is 17.7. The number of aryl methyl sites for hydroxylation is 1. The molecule has 3 saturated heterocycles. The Balaban J connectivity index is 1.43. The molecule has 156 valence electrons. The van der Waals surface area contributed by atoms with Crippen molar-refractivity contribution >= 4 is 5.91 Å². The third kappa shape index (κ3) is 2.89. The summed E-state index contributed by atoms with van der Waals surface area (Å²) in [6.07, 6.45) is 4.87. The van der Waals surface area contributed by atoms with E-state index >= 15 is 0 Å². The van der Waals surface area contributed by atoms with Crippen LogP contribution in [0.5, 0.6) is 5.75 Å². The topological polar surface area (TPSA) is 32.8 Å². The highest BCUT2D eigenvalue weighted by Gasteiger charge is 2.65. The van der Waals surface area contributed by atoms with E-state index in [-0.39, 0.29) is 11.6 Å². The van der Waals surface area contributed by atoms with Gasteiger partial charge in [0, 0.05) is 30.6 Å². The summed E-state index contributed by atoms with van der Waals surface area (Å²) in [4.78, 5) is 18.4. The number of carbonyl (C=O) groups excluding carboxylic acids is 1. The first kappa shape index (κ1) is 19.4. The van der Waals surface area contributed by atoms with E-state index in [1.54, 1.807) is 6.08 Å². The van der Waals surface area contributed by atoms with Crippen LogP contribution >= 0.6 is 0 Å². The first-order chi connectivity index (χ1) is 14.6. The average molecular weight is 403 g/mol. The molecule has 0 aliphatic carbocycles. The Labute approximate surface area is 179 Å². The molecule has 0 unspecified atom stereocenters. The lowest BCUT2D eigenvalue weighted by molar-refractivity contribution is -0.137. The van der Waals surface area contributed by atoms with Gasteiger partial charge in [-0.2, -0.15) is 0 Å². The lowest BCUT2D eigenvalue weighted by atomic mass is 9.85. The fraction of sp³-hybridized carbons (Fsp3) is 0.423. The molecule has 2 aromatic carbocycles. The first-order valence-electron chi connectivity index (χ1n) is 11.1. The molecule has 0 N–H and O–H groups in total. The summed E-state index contributed by atoms with van der Waals surface area (Å²) in [5.41, 5.74) is 3.41.